The van der Waals surface area contributed by atoms with Crippen molar-refractivity contribution in [2.45, 2.75) is 13.8 Å². The van der Waals surface area contributed by atoms with E-state index in [1.165, 1.54) is 0 Å². The topological polar surface area (TPSA) is 39.4 Å². The number of benzene rings is 1. The van der Waals surface area contributed by atoms with Crippen molar-refractivity contribution in [2.75, 3.05) is 6.61 Å². The Balaban J connectivity index is 2.68. The molecule has 0 radical (unpaired) electrons. The molecule has 0 spiro atoms. The van der Waals surface area contributed by atoms with Crippen molar-refractivity contribution in [2.24, 2.45) is 0 Å². The molecule has 0 aliphatic heterocycles. The number of hydrogen-bond donors (Lipinski definition) is 0. The molecule has 1 heterocycles. The van der Waals surface area contributed by atoms with Crippen LogP contribution in [-0.2, 0) is 0 Å². The van der Waals surface area contributed by atoms with Gasteiger partial charge in [-0.25, -0.2) is 0 Å². The maximum Gasteiger partial charge on any atom is 0.195 e. The highest BCUT2D eigenvalue weighted by Gasteiger charge is 2.11. The van der Waals surface area contributed by atoms with Crippen LogP contribution in [0.5, 0.6) is 5.75 Å². The SMILES string of the molecule is C=CCOc1cc2oc(C)c(C)c(=O)c2cc1Br. The van der Waals surface area contributed by atoms with Crippen molar-refractivity contribution in [3.05, 3.63) is 50.8 Å². The molecule has 94 valence electrons. The van der Waals surface area contributed by atoms with Gasteiger partial charge in [-0.1, -0.05) is 12.7 Å². The Hall–Kier alpha value is -1.55. The second-order valence-corrected chi connectivity index (χ2v) is 4.85. The number of hydrogen-bond acceptors (Lipinski definition) is 3. The van der Waals surface area contributed by atoms with Gasteiger partial charge in [0.15, 0.2) is 5.43 Å². The molecule has 0 bridgehead atoms. The van der Waals surface area contributed by atoms with E-state index in [-0.39, 0.29) is 5.43 Å². The summed E-state index contributed by atoms with van der Waals surface area (Å²) in [5.41, 5.74) is 1.16. The molecule has 0 fully saturated rings. The average Bonchev–Trinajstić information content (AvgIpc) is 2.35. The monoisotopic (exact) mass is 308 g/mol. The molecule has 0 unspecified atom stereocenters. The minimum absolute atomic E-state index is 0.00952. The van der Waals surface area contributed by atoms with Crippen molar-refractivity contribution in [1.82, 2.24) is 0 Å². The van der Waals surface area contributed by atoms with Gasteiger partial charge in [0.2, 0.25) is 0 Å². The normalized spacial score (nSPS) is 10.6. The van der Waals surface area contributed by atoms with E-state index in [0.29, 0.717) is 34.6 Å². The average molecular weight is 309 g/mol. The van der Waals surface area contributed by atoms with Gasteiger partial charge < -0.3 is 9.15 Å². The molecule has 0 saturated heterocycles. The van der Waals surface area contributed by atoms with Crippen LogP contribution in [0.25, 0.3) is 11.0 Å². The Morgan fingerprint density at radius 1 is 1.44 bits per heavy atom. The molecule has 0 atom stereocenters. The van der Waals surface area contributed by atoms with Gasteiger partial charge in [-0.15, -0.1) is 0 Å². The number of ether oxygens (including phenoxy) is 1. The Bertz CT molecular complexity index is 671. The first-order valence-corrected chi connectivity index (χ1v) is 6.31. The predicted octanol–water partition coefficient (Wildman–Crippen LogP) is 3.74. The highest BCUT2D eigenvalue weighted by molar-refractivity contribution is 9.10. The van der Waals surface area contributed by atoms with E-state index in [0.717, 1.165) is 4.47 Å². The summed E-state index contributed by atoms with van der Waals surface area (Å²) < 4.78 is 11.8. The number of halogens is 1. The molecule has 0 aliphatic carbocycles. The van der Waals surface area contributed by atoms with E-state index in [1.54, 1.807) is 32.1 Å². The quantitative estimate of drug-likeness (QED) is 0.811. The van der Waals surface area contributed by atoms with Crippen LogP contribution in [0.15, 0.2) is 38.5 Å². The molecule has 2 aromatic rings. The lowest BCUT2D eigenvalue weighted by Crippen LogP contribution is -2.07. The zero-order valence-electron chi connectivity index (χ0n) is 10.2. The fourth-order valence-corrected chi connectivity index (χ4v) is 2.12. The highest BCUT2D eigenvalue weighted by Crippen LogP contribution is 2.30. The van der Waals surface area contributed by atoms with E-state index in [1.807, 2.05) is 0 Å². The molecule has 0 aliphatic rings. The first-order valence-electron chi connectivity index (χ1n) is 5.52. The van der Waals surface area contributed by atoms with Crippen molar-refractivity contribution >= 4 is 26.9 Å². The van der Waals surface area contributed by atoms with E-state index in [9.17, 15) is 4.79 Å². The third-order valence-corrected chi connectivity index (χ3v) is 3.39. The molecule has 1 aromatic carbocycles. The first kappa shape index (κ1) is 12.9. The van der Waals surface area contributed by atoms with Gasteiger partial charge in [-0.05, 0) is 35.8 Å². The fraction of sp³-hybridized carbons (Fsp3) is 0.214. The molecule has 3 nitrogen and oxygen atoms in total. The summed E-state index contributed by atoms with van der Waals surface area (Å²) in [5, 5.41) is 0.552. The molecule has 18 heavy (non-hydrogen) atoms. The van der Waals surface area contributed by atoms with Crippen LogP contribution in [0, 0.1) is 13.8 Å². The van der Waals surface area contributed by atoms with Crippen LogP contribution in [0.2, 0.25) is 0 Å². The van der Waals surface area contributed by atoms with Crippen LogP contribution in [0.1, 0.15) is 11.3 Å². The van der Waals surface area contributed by atoms with Gasteiger partial charge in [0, 0.05) is 11.6 Å². The fourth-order valence-electron chi connectivity index (χ4n) is 1.66. The summed E-state index contributed by atoms with van der Waals surface area (Å²) >= 11 is 3.38. The Morgan fingerprint density at radius 2 is 2.17 bits per heavy atom. The predicted molar refractivity (Wildman–Crippen MR) is 75.4 cm³/mol. The summed E-state index contributed by atoms with van der Waals surface area (Å²) in [7, 11) is 0. The largest absolute Gasteiger partial charge is 0.488 e. The molecular formula is C14H13BrO3. The third kappa shape index (κ3) is 2.20. The van der Waals surface area contributed by atoms with Crippen LogP contribution < -0.4 is 10.2 Å². The lowest BCUT2D eigenvalue weighted by atomic mass is 10.1. The Kier molecular flexibility index (Phi) is 3.57. The number of aryl methyl sites for hydroxylation is 1. The summed E-state index contributed by atoms with van der Waals surface area (Å²) in [6, 6.07) is 3.45. The van der Waals surface area contributed by atoms with Crippen molar-refractivity contribution in [3.8, 4) is 5.75 Å². The number of fused-ring (bicyclic) bond motifs is 1. The second-order valence-electron chi connectivity index (χ2n) is 3.99. The smallest absolute Gasteiger partial charge is 0.195 e. The lowest BCUT2D eigenvalue weighted by molar-refractivity contribution is 0.360. The van der Waals surface area contributed by atoms with Gasteiger partial charge in [0.1, 0.15) is 23.7 Å². The zero-order valence-corrected chi connectivity index (χ0v) is 11.8. The van der Waals surface area contributed by atoms with Crippen LogP contribution in [-0.4, -0.2) is 6.61 Å². The van der Waals surface area contributed by atoms with Gasteiger partial charge >= 0.3 is 0 Å². The minimum Gasteiger partial charge on any atom is -0.488 e. The van der Waals surface area contributed by atoms with Gasteiger partial charge in [0.05, 0.1) is 9.86 Å². The zero-order chi connectivity index (χ0) is 13.3. The Labute approximate surface area is 113 Å². The minimum atomic E-state index is -0.00952. The van der Waals surface area contributed by atoms with Crippen LogP contribution >= 0.6 is 15.9 Å². The summed E-state index contributed by atoms with van der Waals surface area (Å²) in [6.07, 6.45) is 1.66. The van der Waals surface area contributed by atoms with Crippen LogP contribution in [0.3, 0.4) is 0 Å². The summed E-state index contributed by atoms with van der Waals surface area (Å²) in [5.74, 6) is 1.26. The molecule has 2 rings (SSSR count). The van der Waals surface area contributed by atoms with E-state index >= 15 is 0 Å². The highest BCUT2D eigenvalue weighted by atomic mass is 79.9. The van der Waals surface area contributed by atoms with E-state index in [2.05, 4.69) is 22.5 Å². The summed E-state index contributed by atoms with van der Waals surface area (Å²) in [4.78, 5) is 12.1. The van der Waals surface area contributed by atoms with Gasteiger partial charge in [-0.2, -0.15) is 0 Å². The molecule has 0 saturated carbocycles. The second kappa shape index (κ2) is 4.98. The number of rotatable bonds is 3. The van der Waals surface area contributed by atoms with Crippen molar-refractivity contribution in [3.63, 3.8) is 0 Å². The van der Waals surface area contributed by atoms with Crippen molar-refractivity contribution in [1.29, 1.82) is 0 Å². The summed E-state index contributed by atoms with van der Waals surface area (Å²) in [6.45, 7) is 7.54. The maximum absolute atomic E-state index is 12.1. The maximum atomic E-state index is 12.1. The van der Waals surface area contributed by atoms with Gasteiger partial charge in [-0.3, -0.25) is 4.79 Å². The standard InChI is InChI=1S/C14H13BrO3/c1-4-5-17-13-7-12-10(6-11(13)15)14(16)8(2)9(3)18-12/h4,6-7H,1,5H2,2-3H3. The molecule has 0 N–H and O–H groups in total. The van der Waals surface area contributed by atoms with Crippen molar-refractivity contribution < 1.29 is 9.15 Å². The van der Waals surface area contributed by atoms with Crippen LogP contribution in [0.4, 0.5) is 0 Å². The van der Waals surface area contributed by atoms with Gasteiger partial charge in [0.25, 0.3) is 0 Å². The Morgan fingerprint density at radius 3 is 2.83 bits per heavy atom. The molecule has 4 heteroatoms. The van der Waals surface area contributed by atoms with E-state index < -0.39 is 0 Å². The third-order valence-electron chi connectivity index (χ3n) is 2.77. The molecular weight excluding hydrogens is 296 g/mol. The van der Waals surface area contributed by atoms with E-state index in [4.69, 9.17) is 9.15 Å². The molecule has 1 aromatic heterocycles. The lowest BCUT2D eigenvalue weighted by Gasteiger charge is -2.08. The first-order chi connectivity index (χ1) is 8.54. The molecule has 0 amide bonds.